The molecule has 0 aliphatic carbocycles. The highest BCUT2D eigenvalue weighted by molar-refractivity contribution is 7.10. The van der Waals surface area contributed by atoms with Crippen LogP contribution in [0.25, 0.3) is 0 Å². The highest BCUT2D eigenvalue weighted by Crippen LogP contribution is 2.38. The zero-order chi connectivity index (χ0) is 28.3. The van der Waals surface area contributed by atoms with Gasteiger partial charge in [0.25, 0.3) is 5.91 Å². The second-order valence-electron chi connectivity index (χ2n) is 11.6. The molecule has 3 aromatic rings. The Morgan fingerprint density at radius 1 is 1.05 bits per heavy atom. The number of hydrogen-bond donors (Lipinski definition) is 0. The normalized spacial score (nSPS) is 15.2. The van der Waals surface area contributed by atoms with Gasteiger partial charge in [-0.25, -0.2) is 0 Å². The third-order valence-corrected chi connectivity index (χ3v) is 8.21. The van der Waals surface area contributed by atoms with Crippen molar-refractivity contribution in [2.24, 2.45) is 5.92 Å². The molecule has 1 atom stereocenters. The van der Waals surface area contributed by atoms with E-state index in [1.54, 1.807) is 41.5 Å². The minimum Gasteiger partial charge on any atom is -0.497 e. The molecule has 2 heterocycles. The Bertz CT molecular complexity index is 1310. The van der Waals surface area contributed by atoms with Crippen LogP contribution in [0.1, 0.15) is 72.6 Å². The van der Waals surface area contributed by atoms with Crippen LogP contribution in [0.5, 0.6) is 11.5 Å². The lowest BCUT2D eigenvalue weighted by Crippen LogP contribution is -2.47. The molecule has 1 aliphatic rings. The van der Waals surface area contributed by atoms with Crippen LogP contribution in [0, 0.1) is 5.92 Å². The SMILES string of the molecule is COc1ccc(C(=O)N(CC(=O)N2CCc3sccc3C2c2ccc(C(C)(C)C)cc2)CC(C)C)c(OC)c1. The van der Waals surface area contributed by atoms with E-state index in [-0.39, 0.29) is 35.7 Å². The van der Waals surface area contributed by atoms with Crippen molar-refractivity contribution in [1.82, 2.24) is 9.80 Å². The average Bonchev–Trinajstić information content (AvgIpc) is 3.39. The molecule has 0 bridgehead atoms. The topological polar surface area (TPSA) is 59.1 Å². The monoisotopic (exact) mass is 548 g/mol. The van der Waals surface area contributed by atoms with E-state index in [1.807, 2.05) is 18.7 Å². The highest BCUT2D eigenvalue weighted by atomic mass is 32.1. The lowest BCUT2D eigenvalue weighted by molar-refractivity contribution is -0.134. The number of methoxy groups -OCH3 is 2. The van der Waals surface area contributed by atoms with Gasteiger partial charge in [-0.1, -0.05) is 58.9 Å². The van der Waals surface area contributed by atoms with Crippen molar-refractivity contribution in [1.29, 1.82) is 0 Å². The number of thiophene rings is 1. The number of hydrogen-bond acceptors (Lipinski definition) is 5. The Labute approximate surface area is 236 Å². The molecule has 0 fully saturated rings. The molecular weight excluding hydrogens is 508 g/mol. The fraction of sp³-hybridized carbons (Fsp3) is 0.438. The number of nitrogens with zero attached hydrogens (tertiary/aromatic N) is 2. The summed E-state index contributed by atoms with van der Waals surface area (Å²) in [6, 6.07) is 15.7. The highest BCUT2D eigenvalue weighted by Gasteiger charge is 2.34. The van der Waals surface area contributed by atoms with Crippen molar-refractivity contribution in [3.63, 3.8) is 0 Å². The average molecular weight is 549 g/mol. The van der Waals surface area contributed by atoms with Crippen LogP contribution in [0.2, 0.25) is 0 Å². The minimum atomic E-state index is -0.226. The summed E-state index contributed by atoms with van der Waals surface area (Å²) in [4.78, 5) is 32.7. The molecule has 4 rings (SSSR count). The standard InChI is InChI=1S/C32H40N2O4S/c1-21(2)19-33(31(36)25-13-12-24(37-6)18-27(25)38-7)20-29(35)34-16-14-28-26(15-17-39-28)30(34)22-8-10-23(11-9-22)32(3,4)5/h8-13,15,17-18,21,30H,14,16,19-20H2,1-7H3. The van der Waals surface area contributed by atoms with Gasteiger partial charge in [0, 0.05) is 24.0 Å². The quantitative estimate of drug-likeness (QED) is 0.330. The fourth-order valence-electron chi connectivity index (χ4n) is 5.17. The molecule has 0 saturated heterocycles. The van der Waals surface area contributed by atoms with Crippen LogP contribution < -0.4 is 9.47 Å². The van der Waals surface area contributed by atoms with E-state index in [1.165, 1.54) is 23.1 Å². The number of ether oxygens (including phenoxy) is 2. The van der Waals surface area contributed by atoms with E-state index in [9.17, 15) is 9.59 Å². The smallest absolute Gasteiger partial charge is 0.258 e. The van der Waals surface area contributed by atoms with Gasteiger partial charge in [0.15, 0.2) is 0 Å². The maximum absolute atomic E-state index is 14.0. The molecule has 1 unspecified atom stereocenters. The summed E-state index contributed by atoms with van der Waals surface area (Å²) in [6.45, 7) is 11.8. The number of amides is 2. The molecule has 0 saturated carbocycles. The molecule has 2 aromatic carbocycles. The molecular formula is C32H40N2O4S. The summed E-state index contributed by atoms with van der Waals surface area (Å²) in [6.07, 6.45) is 0.819. The first-order valence-corrected chi connectivity index (χ1v) is 14.4. The van der Waals surface area contributed by atoms with E-state index in [0.717, 1.165) is 12.0 Å². The summed E-state index contributed by atoms with van der Waals surface area (Å²) in [5.74, 6) is 0.944. The Morgan fingerprint density at radius 3 is 2.38 bits per heavy atom. The third-order valence-electron chi connectivity index (χ3n) is 7.22. The first-order valence-electron chi connectivity index (χ1n) is 13.5. The second kappa shape index (κ2) is 11.8. The van der Waals surface area contributed by atoms with Gasteiger partial charge < -0.3 is 19.3 Å². The molecule has 6 nitrogen and oxygen atoms in total. The first kappa shape index (κ1) is 28.7. The zero-order valence-electron chi connectivity index (χ0n) is 24.1. The molecule has 7 heteroatoms. The van der Waals surface area contributed by atoms with Gasteiger partial charge >= 0.3 is 0 Å². The largest absolute Gasteiger partial charge is 0.497 e. The molecule has 1 aliphatic heterocycles. The first-order chi connectivity index (χ1) is 18.5. The molecule has 2 amide bonds. The molecule has 0 N–H and O–H groups in total. The number of carbonyl (C=O) groups is 2. The summed E-state index contributed by atoms with van der Waals surface area (Å²) in [7, 11) is 3.11. The van der Waals surface area contributed by atoms with Crippen LogP contribution >= 0.6 is 11.3 Å². The van der Waals surface area contributed by atoms with E-state index in [2.05, 4.69) is 56.5 Å². The van der Waals surface area contributed by atoms with Crippen LogP contribution in [0.3, 0.4) is 0 Å². The Balaban J connectivity index is 1.64. The predicted molar refractivity (Wildman–Crippen MR) is 157 cm³/mol. The van der Waals surface area contributed by atoms with Crippen molar-refractivity contribution >= 4 is 23.2 Å². The zero-order valence-corrected chi connectivity index (χ0v) is 24.9. The van der Waals surface area contributed by atoms with Crippen LogP contribution in [-0.4, -0.2) is 55.5 Å². The lowest BCUT2D eigenvalue weighted by Gasteiger charge is -2.38. The number of rotatable bonds is 8. The van der Waals surface area contributed by atoms with E-state index in [0.29, 0.717) is 30.2 Å². The summed E-state index contributed by atoms with van der Waals surface area (Å²) < 4.78 is 10.8. The maximum atomic E-state index is 14.0. The van der Waals surface area contributed by atoms with Crippen molar-refractivity contribution in [2.45, 2.75) is 52.5 Å². The van der Waals surface area contributed by atoms with Crippen LogP contribution in [-0.2, 0) is 16.6 Å². The minimum absolute atomic E-state index is 0.00222. The van der Waals surface area contributed by atoms with Crippen molar-refractivity contribution in [3.8, 4) is 11.5 Å². The predicted octanol–water partition coefficient (Wildman–Crippen LogP) is 6.34. The van der Waals surface area contributed by atoms with Gasteiger partial charge in [-0.05, 0) is 58.0 Å². The van der Waals surface area contributed by atoms with Gasteiger partial charge in [-0.2, -0.15) is 0 Å². The van der Waals surface area contributed by atoms with Crippen molar-refractivity contribution < 1.29 is 19.1 Å². The number of fused-ring (bicyclic) bond motifs is 1. The van der Waals surface area contributed by atoms with E-state index >= 15 is 0 Å². The van der Waals surface area contributed by atoms with Crippen LogP contribution in [0.4, 0.5) is 0 Å². The van der Waals surface area contributed by atoms with Gasteiger partial charge in [-0.3, -0.25) is 9.59 Å². The molecule has 1 aromatic heterocycles. The van der Waals surface area contributed by atoms with Gasteiger partial charge in [0.1, 0.15) is 18.0 Å². The molecule has 0 spiro atoms. The van der Waals surface area contributed by atoms with E-state index < -0.39 is 0 Å². The number of benzene rings is 2. The molecule has 0 radical (unpaired) electrons. The van der Waals surface area contributed by atoms with E-state index in [4.69, 9.17) is 9.47 Å². The summed E-state index contributed by atoms with van der Waals surface area (Å²) in [5, 5.41) is 2.11. The summed E-state index contributed by atoms with van der Waals surface area (Å²) >= 11 is 1.75. The second-order valence-corrected chi connectivity index (χ2v) is 12.6. The molecule has 208 valence electrons. The molecule has 39 heavy (non-hydrogen) atoms. The van der Waals surface area contributed by atoms with Gasteiger partial charge in [0.2, 0.25) is 5.91 Å². The maximum Gasteiger partial charge on any atom is 0.258 e. The van der Waals surface area contributed by atoms with Crippen molar-refractivity contribution in [2.75, 3.05) is 33.9 Å². The Kier molecular flexibility index (Phi) is 8.70. The third kappa shape index (κ3) is 6.30. The van der Waals surface area contributed by atoms with Gasteiger partial charge in [-0.15, -0.1) is 11.3 Å². The fourth-order valence-corrected chi connectivity index (χ4v) is 6.07. The van der Waals surface area contributed by atoms with Crippen LogP contribution in [0.15, 0.2) is 53.9 Å². The Hall–Kier alpha value is -3.32. The summed E-state index contributed by atoms with van der Waals surface area (Å²) in [5.41, 5.74) is 4.00. The van der Waals surface area contributed by atoms with Gasteiger partial charge in [0.05, 0.1) is 25.8 Å². The lowest BCUT2D eigenvalue weighted by atomic mass is 9.85. The number of carbonyl (C=O) groups excluding carboxylic acids is 2. The Morgan fingerprint density at radius 2 is 1.77 bits per heavy atom. The van der Waals surface area contributed by atoms with Crippen molar-refractivity contribution in [3.05, 3.63) is 81.0 Å².